The van der Waals surface area contributed by atoms with Crippen LogP contribution in [-0.4, -0.2) is 17.9 Å². The Morgan fingerprint density at radius 1 is 1.04 bits per heavy atom. The van der Waals surface area contributed by atoms with Gasteiger partial charge in [0.2, 0.25) is 11.8 Å². The highest BCUT2D eigenvalue weighted by Gasteiger charge is 2.38. The van der Waals surface area contributed by atoms with Gasteiger partial charge in [-0.25, -0.2) is 0 Å². The fourth-order valence-electron chi connectivity index (χ4n) is 2.85. The summed E-state index contributed by atoms with van der Waals surface area (Å²) in [5, 5.41) is 2.81. The van der Waals surface area contributed by atoms with Crippen molar-refractivity contribution in [2.45, 2.75) is 31.7 Å². The van der Waals surface area contributed by atoms with Gasteiger partial charge in [-0.15, -0.1) is 6.58 Å². The zero-order valence-corrected chi connectivity index (χ0v) is 14.7. The molecule has 0 saturated heterocycles. The molecule has 0 aliphatic heterocycles. The van der Waals surface area contributed by atoms with E-state index in [-0.39, 0.29) is 5.91 Å². The predicted molar refractivity (Wildman–Crippen MR) is 99.9 cm³/mol. The van der Waals surface area contributed by atoms with Gasteiger partial charge in [-0.3, -0.25) is 9.59 Å². The molecule has 0 aliphatic carbocycles. The second kappa shape index (κ2) is 7.79. The molecule has 0 radical (unpaired) electrons. The number of nitrogens with one attached hydrogen (secondary N) is 1. The summed E-state index contributed by atoms with van der Waals surface area (Å²) in [6.45, 7) is 7.46. The van der Waals surface area contributed by atoms with Crippen molar-refractivity contribution in [1.82, 2.24) is 5.32 Å². The third-order valence-electron chi connectivity index (χ3n) is 4.36. The Kier molecular flexibility index (Phi) is 5.75. The molecule has 0 unspecified atom stereocenters. The van der Waals surface area contributed by atoms with Crippen molar-refractivity contribution in [3.63, 3.8) is 0 Å². The maximum atomic E-state index is 13.2. The van der Waals surface area contributed by atoms with Crippen LogP contribution < -0.4 is 11.1 Å². The Morgan fingerprint density at radius 2 is 1.48 bits per heavy atom. The largest absolute Gasteiger partial charge is 0.368 e. The van der Waals surface area contributed by atoms with Crippen LogP contribution in [0.1, 0.15) is 31.4 Å². The van der Waals surface area contributed by atoms with E-state index in [4.69, 9.17) is 5.73 Å². The molecular formula is C21H24N2O2. The van der Waals surface area contributed by atoms with Gasteiger partial charge in [-0.05, 0) is 31.4 Å². The van der Waals surface area contributed by atoms with Gasteiger partial charge in [0, 0.05) is 0 Å². The zero-order chi connectivity index (χ0) is 18.4. The summed E-state index contributed by atoms with van der Waals surface area (Å²) in [6.07, 6.45) is 0.320. The van der Waals surface area contributed by atoms with E-state index in [1.165, 1.54) is 0 Å². The molecule has 0 saturated carbocycles. The highest BCUT2D eigenvalue weighted by molar-refractivity contribution is 5.95. The first-order valence-corrected chi connectivity index (χ1v) is 8.21. The molecule has 2 amide bonds. The van der Waals surface area contributed by atoms with E-state index < -0.39 is 17.4 Å². The van der Waals surface area contributed by atoms with E-state index in [0.717, 1.165) is 16.7 Å². The van der Waals surface area contributed by atoms with Crippen LogP contribution >= 0.6 is 0 Å². The monoisotopic (exact) mass is 336 g/mol. The summed E-state index contributed by atoms with van der Waals surface area (Å²) in [6, 6.07) is 18.2. The Morgan fingerprint density at radius 3 is 1.84 bits per heavy atom. The van der Waals surface area contributed by atoms with E-state index in [0.29, 0.717) is 6.42 Å². The van der Waals surface area contributed by atoms with Gasteiger partial charge in [0.25, 0.3) is 0 Å². The van der Waals surface area contributed by atoms with Crippen LogP contribution in [0.25, 0.3) is 0 Å². The van der Waals surface area contributed by atoms with Crippen LogP contribution in [0.15, 0.2) is 72.8 Å². The van der Waals surface area contributed by atoms with Crippen molar-refractivity contribution in [3.8, 4) is 0 Å². The average Bonchev–Trinajstić information content (AvgIpc) is 2.61. The predicted octanol–water partition coefficient (Wildman–Crippen LogP) is 2.93. The lowest BCUT2D eigenvalue weighted by Crippen LogP contribution is -2.51. The van der Waals surface area contributed by atoms with E-state index in [1.807, 2.05) is 67.6 Å². The number of carbonyl (C=O) groups is 2. The van der Waals surface area contributed by atoms with Gasteiger partial charge in [-0.1, -0.05) is 66.2 Å². The molecule has 0 bridgehead atoms. The quantitative estimate of drug-likeness (QED) is 0.763. The number of amides is 2. The molecule has 0 spiro atoms. The zero-order valence-electron chi connectivity index (χ0n) is 14.7. The van der Waals surface area contributed by atoms with Crippen molar-refractivity contribution in [2.75, 3.05) is 0 Å². The first kappa shape index (κ1) is 18.5. The van der Waals surface area contributed by atoms with Crippen molar-refractivity contribution in [2.24, 2.45) is 5.73 Å². The summed E-state index contributed by atoms with van der Waals surface area (Å²) in [5.74, 6) is -0.838. The third kappa shape index (κ3) is 4.15. The molecule has 0 aliphatic rings. The average molecular weight is 336 g/mol. The summed E-state index contributed by atoms with van der Waals surface area (Å²) in [5.41, 5.74) is 6.99. The fraction of sp³-hybridized carbons (Fsp3) is 0.238. The third-order valence-corrected chi connectivity index (χ3v) is 4.36. The van der Waals surface area contributed by atoms with E-state index in [2.05, 4.69) is 11.9 Å². The number of rotatable bonds is 7. The first-order chi connectivity index (χ1) is 11.9. The van der Waals surface area contributed by atoms with E-state index in [1.54, 1.807) is 6.92 Å². The van der Waals surface area contributed by atoms with Crippen molar-refractivity contribution in [3.05, 3.63) is 83.9 Å². The smallest absolute Gasteiger partial charge is 0.240 e. The molecule has 2 aromatic rings. The van der Waals surface area contributed by atoms with Crippen LogP contribution in [0.5, 0.6) is 0 Å². The number of benzene rings is 2. The van der Waals surface area contributed by atoms with Gasteiger partial charge in [0.15, 0.2) is 0 Å². The molecule has 0 fully saturated rings. The normalized spacial score (nSPS) is 12.2. The van der Waals surface area contributed by atoms with Gasteiger partial charge < -0.3 is 11.1 Å². The molecule has 4 heteroatoms. The Hall–Kier alpha value is -2.88. The molecule has 2 rings (SSSR count). The molecule has 25 heavy (non-hydrogen) atoms. The van der Waals surface area contributed by atoms with Gasteiger partial charge in [-0.2, -0.15) is 0 Å². The molecule has 3 N–H and O–H groups in total. The summed E-state index contributed by atoms with van der Waals surface area (Å²) < 4.78 is 0. The molecule has 0 heterocycles. The summed E-state index contributed by atoms with van der Waals surface area (Å²) in [4.78, 5) is 25.0. The molecule has 0 aromatic heterocycles. The molecule has 130 valence electrons. The number of nitrogens with two attached hydrogens (primary N) is 1. The van der Waals surface area contributed by atoms with E-state index >= 15 is 0 Å². The minimum atomic E-state index is -0.939. The van der Waals surface area contributed by atoms with Gasteiger partial charge in [0.1, 0.15) is 6.04 Å². The number of primary amides is 1. The van der Waals surface area contributed by atoms with Crippen molar-refractivity contribution in [1.29, 1.82) is 0 Å². The van der Waals surface area contributed by atoms with Crippen LogP contribution in [0.2, 0.25) is 0 Å². The maximum absolute atomic E-state index is 13.2. The molecule has 2 aromatic carbocycles. The first-order valence-electron chi connectivity index (χ1n) is 8.21. The molecule has 1 atom stereocenters. The lowest BCUT2D eigenvalue weighted by atomic mass is 9.75. The number of hydrogen-bond donors (Lipinski definition) is 2. The van der Waals surface area contributed by atoms with Crippen LogP contribution in [0, 0.1) is 0 Å². The molecule has 4 nitrogen and oxygen atoms in total. The lowest BCUT2D eigenvalue weighted by Gasteiger charge is -2.31. The Labute approximate surface area is 148 Å². The van der Waals surface area contributed by atoms with Crippen LogP contribution in [-0.2, 0) is 15.0 Å². The number of carbonyl (C=O) groups excluding carboxylic acids is 2. The van der Waals surface area contributed by atoms with Crippen LogP contribution in [0.3, 0.4) is 0 Å². The van der Waals surface area contributed by atoms with Gasteiger partial charge >= 0.3 is 0 Å². The lowest BCUT2D eigenvalue weighted by molar-refractivity contribution is -0.129. The summed E-state index contributed by atoms with van der Waals surface area (Å²) >= 11 is 0. The second-order valence-electron chi connectivity index (χ2n) is 6.45. The minimum absolute atomic E-state index is 0.269. The van der Waals surface area contributed by atoms with Crippen molar-refractivity contribution < 1.29 is 9.59 Å². The van der Waals surface area contributed by atoms with Crippen LogP contribution in [0.4, 0.5) is 0 Å². The second-order valence-corrected chi connectivity index (χ2v) is 6.45. The Balaban J connectivity index is 2.44. The highest BCUT2D eigenvalue weighted by atomic mass is 16.2. The fourth-order valence-corrected chi connectivity index (χ4v) is 2.85. The number of hydrogen-bond acceptors (Lipinski definition) is 2. The minimum Gasteiger partial charge on any atom is -0.368 e. The summed E-state index contributed by atoms with van der Waals surface area (Å²) in [7, 11) is 0. The standard InChI is InChI=1S/C21H24N2O2/c1-15(2)14-18(19(22)24)23-20(25)21(3,16-10-6-4-7-11-16)17-12-8-5-9-13-17/h4-13,18H,1,14H2,2-3H3,(H2,22,24)(H,23,25)/t18-/m1/s1. The SMILES string of the molecule is C=C(C)C[C@@H](NC(=O)C(C)(c1ccccc1)c1ccccc1)C(N)=O. The highest BCUT2D eigenvalue weighted by Crippen LogP contribution is 2.32. The van der Waals surface area contributed by atoms with Gasteiger partial charge in [0.05, 0.1) is 5.41 Å². The van der Waals surface area contributed by atoms with Crippen molar-refractivity contribution >= 4 is 11.8 Å². The Bertz CT molecular complexity index is 714. The topological polar surface area (TPSA) is 72.2 Å². The maximum Gasteiger partial charge on any atom is 0.240 e. The molecular weight excluding hydrogens is 312 g/mol. The van der Waals surface area contributed by atoms with E-state index in [9.17, 15) is 9.59 Å².